The van der Waals surface area contributed by atoms with Crippen LogP contribution in [0.25, 0.3) is 10.4 Å². The summed E-state index contributed by atoms with van der Waals surface area (Å²) < 4.78 is 5.20. The number of ether oxygens (including phenoxy) is 1. The summed E-state index contributed by atoms with van der Waals surface area (Å²) in [4.78, 5) is 29.2. The maximum atomic E-state index is 12.0. The van der Waals surface area contributed by atoms with Gasteiger partial charge >= 0.3 is 6.09 Å². The zero-order valence-electron chi connectivity index (χ0n) is 13.1. The molecule has 8 nitrogen and oxygen atoms in total. The number of cyclic esters (lactones) is 1. The summed E-state index contributed by atoms with van der Waals surface area (Å²) in [5.74, 6) is -0.410. The maximum absolute atomic E-state index is 12.0. The number of nitrogens with zero attached hydrogens (tertiary/aromatic N) is 5. The van der Waals surface area contributed by atoms with Crippen molar-refractivity contribution in [1.82, 2.24) is 4.90 Å². The van der Waals surface area contributed by atoms with Gasteiger partial charge in [-0.1, -0.05) is 11.2 Å². The fraction of sp³-hybridized carbons (Fsp3) is 0.467. The second-order valence-corrected chi connectivity index (χ2v) is 5.81. The van der Waals surface area contributed by atoms with Crippen LogP contribution < -0.4 is 4.90 Å². The molecule has 2 amide bonds. The van der Waals surface area contributed by atoms with E-state index >= 15 is 0 Å². The van der Waals surface area contributed by atoms with Gasteiger partial charge in [0.15, 0.2) is 5.81 Å². The Morgan fingerprint density at radius 1 is 1.38 bits per heavy atom. The molecule has 0 aromatic heterocycles. The van der Waals surface area contributed by atoms with Gasteiger partial charge in [0, 0.05) is 23.7 Å². The van der Waals surface area contributed by atoms with Crippen LogP contribution in [0.15, 0.2) is 23.3 Å². The van der Waals surface area contributed by atoms with Crippen molar-refractivity contribution < 1.29 is 14.3 Å². The normalized spacial score (nSPS) is 20.0. The van der Waals surface area contributed by atoms with Gasteiger partial charge in [0.05, 0.1) is 13.1 Å². The Balaban J connectivity index is 1.76. The van der Waals surface area contributed by atoms with E-state index in [0.29, 0.717) is 26.1 Å². The van der Waals surface area contributed by atoms with Crippen molar-refractivity contribution in [2.75, 3.05) is 31.1 Å². The van der Waals surface area contributed by atoms with Crippen LogP contribution in [0.3, 0.4) is 0 Å². The number of hydrogen-bond donors (Lipinski definition) is 0. The zero-order chi connectivity index (χ0) is 17.1. The minimum absolute atomic E-state index is 0.122. The molecule has 0 unspecified atom stereocenters. The first-order valence-electron chi connectivity index (χ1n) is 7.73. The molecule has 2 radical (unpaired) electrons. The van der Waals surface area contributed by atoms with Gasteiger partial charge in [-0.3, -0.25) is 9.69 Å². The average Bonchev–Trinajstić information content (AvgIpc) is 2.80. The number of hydrogen-bond acceptors (Lipinski definition) is 4. The first-order chi connectivity index (χ1) is 11.6. The molecule has 2 heterocycles. The Bertz CT molecular complexity index is 719. The molecule has 0 aliphatic carbocycles. The van der Waals surface area contributed by atoms with Crippen molar-refractivity contribution in [3.63, 3.8) is 0 Å². The van der Waals surface area contributed by atoms with E-state index in [1.807, 2.05) is 18.2 Å². The lowest BCUT2D eigenvalue weighted by molar-refractivity contribution is 0.145. The van der Waals surface area contributed by atoms with E-state index in [1.165, 1.54) is 4.90 Å². The van der Waals surface area contributed by atoms with Gasteiger partial charge in [-0.15, -0.1) is 0 Å². The summed E-state index contributed by atoms with van der Waals surface area (Å²) in [6, 6.07) is 5.80. The number of carbonyl (C=O) groups excluding carboxylic acids is 2. The van der Waals surface area contributed by atoms with Crippen LogP contribution in [-0.2, 0) is 17.6 Å². The van der Waals surface area contributed by atoms with Crippen molar-refractivity contribution in [2.45, 2.75) is 18.9 Å². The molecule has 2 aliphatic heterocycles. The molecule has 122 valence electrons. The van der Waals surface area contributed by atoms with Crippen LogP contribution in [-0.4, -0.2) is 56.9 Å². The molecule has 0 N–H and O–H groups in total. The Morgan fingerprint density at radius 2 is 2.12 bits per heavy atom. The Hall–Kier alpha value is -2.67. The highest BCUT2D eigenvalue weighted by Crippen LogP contribution is 2.26. The van der Waals surface area contributed by atoms with E-state index in [4.69, 9.17) is 18.1 Å². The summed E-state index contributed by atoms with van der Waals surface area (Å²) in [6.07, 6.45) is 0.553. The van der Waals surface area contributed by atoms with Gasteiger partial charge < -0.3 is 9.64 Å². The molecular formula is C15H16BN5O3. The van der Waals surface area contributed by atoms with Crippen LogP contribution in [0.5, 0.6) is 0 Å². The molecule has 9 heteroatoms. The lowest BCUT2D eigenvalue weighted by Gasteiger charge is -2.18. The molecule has 1 saturated heterocycles. The Labute approximate surface area is 140 Å². The highest BCUT2D eigenvalue weighted by molar-refractivity contribution is 6.56. The van der Waals surface area contributed by atoms with Gasteiger partial charge in [-0.25, -0.2) is 4.79 Å². The third-order valence-corrected chi connectivity index (χ3v) is 4.34. The van der Waals surface area contributed by atoms with Crippen molar-refractivity contribution in [3.8, 4) is 0 Å². The van der Waals surface area contributed by atoms with E-state index < -0.39 is 18.0 Å². The standard InChI is InChI=1S/C15H16BN5O3/c16-14(22)20-5-3-10-1-2-12(7-11(10)4-6-20)21-9-13(8-18-19-17)24-15(21)23/h1-2,7,13H,3-6,8-9H2/t13-/m0/s1. The highest BCUT2D eigenvalue weighted by Gasteiger charge is 2.32. The van der Waals surface area contributed by atoms with Gasteiger partial charge in [-0.2, -0.15) is 0 Å². The molecule has 1 aromatic carbocycles. The molecule has 24 heavy (non-hydrogen) atoms. The Kier molecular flexibility index (Phi) is 4.62. The number of amides is 2. The third-order valence-electron chi connectivity index (χ3n) is 4.34. The smallest absolute Gasteiger partial charge is 0.414 e. The fourth-order valence-electron chi connectivity index (χ4n) is 3.05. The van der Waals surface area contributed by atoms with Crippen molar-refractivity contribution in [2.24, 2.45) is 5.11 Å². The Morgan fingerprint density at radius 3 is 2.83 bits per heavy atom. The minimum Gasteiger partial charge on any atom is -0.444 e. The molecule has 1 aromatic rings. The first-order valence-corrected chi connectivity index (χ1v) is 7.73. The number of anilines is 1. The largest absolute Gasteiger partial charge is 0.444 e. The SMILES string of the molecule is [B]C(=O)N1CCc2ccc(N3C[C@H](CN=[N+]=[N-])OC3=O)cc2CC1. The third kappa shape index (κ3) is 3.31. The number of carbonyl (C=O) groups is 2. The van der Waals surface area contributed by atoms with Crippen molar-refractivity contribution in [1.29, 1.82) is 0 Å². The number of fused-ring (bicyclic) bond motifs is 1. The number of benzene rings is 1. The first kappa shape index (κ1) is 16.2. The molecular weight excluding hydrogens is 309 g/mol. The summed E-state index contributed by atoms with van der Waals surface area (Å²) in [7, 11) is 5.36. The monoisotopic (exact) mass is 325 g/mol. The van der Waals surface area contributed by atoms with E-state index in [1.54, 1.807) is 4.90 Å². The average molecular weight is 325 g/mol. The van der Waals surface area contributed by atoms with Crippen LogP contribution in [0.4, 0.5) is 15.3 Å². The van der Waals surface area contributed by atoms with Crippen molar-refractivity contribution in [3.05, 3.63) is 39.8 Å². The molecule has 2 aliphatic rings. The lowest BCUT2D eigenvalue weighted by atomic mass is 10.0. The number of rotatable bonds is 3. The van der Waals surface area contributed by atoms with E-state index in [2.05, 4.69) is 10.0 Å². The molecule has 3 rings (SSSR count). The van der Waals surface area contributed by atoms with Crippen molar-refractivity contribution >= 4 is 25.4 Å². The predicted molar refractivity (Wildman–Crippen MR) is 88.2 cm³/mol. The van der Waals surface area contributed by atoms with Gasteiger partial charge in [-0.05, 0) is 41.6 Å². The van der Waals surface area contributed by atoms with E-state index in [0.717, 1.165) is 23.2 Å². The molecule has 0 spiro atoms. The van der Waals surface area contributed by atoms with E-state index in [-0.39, 0.29) is 6.54 Å². The summed E-state index contributed by atoms with van der Waals surface area (Å²) in [6.45, 7) is 1.64. The van der Waals surface area contributed by atoms with Crippen LogP contribution in [0.2, 0.25) is 0 Å². The van der Waals surface area contributed by atoms with Crippen LogP contribution >= 0.6 is 0 Å². The predicted octanol–water partition coefficient (Wildman–Crippen LogP) is 2.01. The van der Waals surface area contributed by atoms with Gasteiger partial charge in [0.1, 0.15) is 6.10 Å². The topological polar surface area (TPSA) is 98.6 Å². The van der Waals surface area contributed by atoms with Gasteiger partial charge in [0.2, 0.25) is 7.85 Å². The minimum atomic E-state index is -0.444. The molecule has 0 saturated carbocycles. The molecule has 1 fully saturated rings. The zero-order valence-corrected chi connectivity index (χ0v) is 13.1. The van der Waals surface area contributed by atoms with E-state index in [9.17, 15) is 9.59 Å². The fourth-order valence-corrected chi connectivity index (χ4v) is 3.05. The summed E-state index contributed by atoms with van der Waals surface area (Å²) >= 11 is 0. The second-order valence-electron chi connectivity index (χ2n) is 5.81. The lowest BCUT2D eigenvalue weighted by Crippen LogP contribution is -2.32. The van der Waals surface area contributed by atoms with Crippen LogP contribution in [0.1, 0.15) is 11.1 Å². The highest BCUT2D eigenvalue weighted by atomic mass is 16.6. The molecule has 0 bridgehead atoms. The summed E-state index contributed by atoms with van der Waals surface area (Å²) in [5, 5.41) is 3.45. The number of azide groups is 1. The molecule has 1 atom stereocenters. The maximum Gasteiger partial charge on any atom is 0.414 e. The second kappa shape index (κ2) is 6.84. The van der Waals surface area contributed by atoms with Crippen LogP contribution in [0, 0.1) is 0 Å². The van der Waals surface area contributed by atoms with Gasteiger partial charge in [0.25, 0.3) is 0 Å². The quantitative estimate of drug-likeness (QED) is 0.368. The summed E-state index contributed by atoms with van der Waals surface area (Å²) in [5.41, 5.74) is 11.4.